The topological polar surface area (TPSA) is 70.7 Å². The second-order valence-electron chi connectivity index (χ2n) is 3.30. The van der Waals surface area contributed by atoms with Crippen molar-refractivity contribution >= 4 is 41.1 Å². The average molecular weight is 275 g/mol. The number of fused-ring (bicyclic) bond motifs is 1. The van der Waals surface area contributed by atoms with Gasteiger partial charge < -0.3 is 10.3 Å². The van der Waals surface area contributed by atoms with Crippen molar-refractivity contribution in [2.24, 2.45) is 0 Å². The van der Waals surface area contributed by atoms with Gasteiger partial charge >= 0.3 is 0 Å². The summed E-state index contributed by atoms with van der Waals surface area (Å²) in [5.74, 6) is -0.166. The molecule has 2 rings (SSSR count). The maximum atomic E-state index is 10.9. The first-order valence-corrected chi connectivity index (χ1v) is 5.44. The van der Waals surface area contributed by atoms with Crippen molar-refractivity contribution in [2.45, 2.75) is 6.42 Å². The molecule has 7 heteroatoms. The Morgan fingerprint density at radius 1 is 1.41 bits per heavy atom. The molecule has 0 atom stereocenters. The molecule has 0 saturated carbocycles. The molecular weight excluding hydrogens is 263 g/mol. The summed E-state index contributed by atoms with van der Waals surface area (Å²) in [5, 5.41) is 2.70. The van der Waals surface area contributed by atoms with E-state index >= 15 is 0 Å². The lowest BCUT2D eigenvalue weighted by Gasteiger charge is -2.01. The van der Waals surface area contributed by atoms with E-state index in [4.69, 9.17) is 11.6 Å². The fourth-order valence-corrected chi connectivity index (χ4v) is 1.57. The van der Waals surface area contributed by atoms with Gasteiger partial charge in [-0.2, -0.15) is 0 Å². The van der Waals surface area contributed by atoms with E-state index in [1.165, 1.54) is 0 Å². The van der Waals surface area contributed by atoms with Crippen LogP contribution in [0.3, 0.4) is 0 Å². The fraction of sp³-hybridized carbons (Fsp3) is 0.300. The molecule has 2 heterocycles. The molecule has 1 amide bonds. The summed E-state index contributed by atoms with van der Waals surface area (Å²) in [5.41, 5.74) is 2.65. The van der Waals surface area contributed by atoms with Crippen LogP contribution in [-0.2, 0) is 11.2 Å². The monoisotopic (exact) mass is 274 g/mol. The van der Waals surface area contributed by atoms with Crippen molar-refractivity contribution in [1.82, 2.24) is 20.3 Å². The lowest BCUT2D eigenvalue weighted by Crippen LogP contribution is -2.26. The van der Waals surface area contributed by atoms with Gasteiger partial charge in [0, 0.05) is 25.1 Å². The molecule has 0 aliphatic heterocycles. The van der Waals surface area contributed by atoms with Gasteiger partial charge in [-0.05, 0) is 12.0 Å². The molecular formula is C10H12Cl2N4O. The molecule has 17 heavy (non-hydrogen) atoms. The number of amides is 1. The molecule has 92 valence electrons. The third kappa shape index (κ3) is 3.31. The summed E-state index contributed by atoms with van der Waals surface area (Å²) >= 11 is 5.37. The van der Waals surface area contributed by atoms with E-state index in [0.717, 1.165) is 16.7 Å². The summed E-state index contributed by atoms with van der Waals surface area (Å²) < 4.78 is 0. The predicted octanol–water partition coefficient (Wildman–Crippen LogP) is 1.28. The number of hydrogen-bond acceptors (Lipinski definition) is 3. The molecule has 0 aliphatic rings. The van der Waals surface area contributed by atoms with Gasteiger partial charge in [-0.1, -0.05) is 0 Å². The van der Waals surface area contributed by atoms with Crippen LogP contribution in [0, 0.1) is 0 Å². The number of alkyl halides is 1. The molecule has 2 aromatic heterocycles. The minimum absolute atomic E-state index is 0. The van der Waals surface area contributed by atoms with Gasteiger partial charge in [-0.15, -0.1) is 24.0 Å². The molecule has 0 aromatic carbocycles. The van der Waals surface area contributed by atoms with Crippen LogP contribution >= 0.6 is 24.0 Å². The standard InChI is InChI=1S/C10H11ClN4O.ClH/c11-5-8(16)12-2-1-7-6-15-10-9(7)13-3-4-14-10;/h3-4,6H,1-2,5H2,(H,12,16)(H,14,15);1H. The van der Waals surface area contributed by atoms with Crippen molar-refractivity contribution in [3.63, 3.8) is 0 Å². The normalized spacial score (nSPS) is 9.94. The zero-order chi connectivity index (χ0) is 11.4. The quantitative estimate of drug-likeness (QED) is 0.826. The fourth-order valence-electron chi connectivity index (χ4n) is 1.48. The molecule has 0 spiro atoms. The van der Waals surface area contributed by atoms with Crippen molar-refractivity contribution in [1.29, 1.82) is 0 Å². The highest BCUT2D eigenvalue weighted by molar-refractivity contribution is 6.27. The largest absolute Gasteiger partial charge is 0.355 e. The SMILES string of the molecule is Cl.O=C(CCl)NCCc1c[nH]c2nccnc12. The number of carbonyl (C=O) groups excluding carboxylic acids is 1. The summed E-state index contributed by atoms with van der Waals surface area (Å²) in [6.45, 7) is 0.551. The van der Waals surface area contributed by atoms with Crippen LogP contribution in [0.2, 0.25) is 0 Å². The summed E-state index contributed by atoms with van der Waals surface area (Å²) in [6.07, 6.45) is 5.85. The molecule has 2 N–H and O–H groups in total. The third-order valence-electron chi connectivity index (χ3n) is 2.22. The Bertz CT molecular complexity index is 500. The van der Waals surface area contributed by atoms with E-state index in [9.17, 15) is 4.79 Å². The Hall–Kier alpha value is -1.33. The van der Waals surface area contributed by atoms with Gasteiger partial charge in [0.25, 0.3) is 0 Å². The van der Waals surface area contributed by atoms with Crippen LogP contribution < -0.4 is 5.32 Å². The maximum Gasteiger partial charge on any atom is 0.234 e. The number of nitrogens with one attached hydrogen (secondary N) is 2. The van der Waals surface area contributed by atoms with Crippen molar-refractivity contribution in [2.75, 3.05) is 12.4 Å². The van der Waals surface area contributed by atoms with Gasteiger partial charge in [0.05, 0.1) is 0 Å². The number of nitrogens with zero attached hydrogens (tertiary/aromatic N) is 2. The molecule has 0 bridgehead atoms. The van der Waals surface area contributed by atoms with Crippen LogP contribution in [0.4, 0.5) is 0 Å². The molecule has 0 fully saturated rings. The number of rotatable bonds is 4. The minimum Gasteiger partial charge on any atom is -0.355 e. The lowest BCUT2D eigenvalue weighted by molar-refractivity contribution is -0.118. The molecule has 0 unspecified atom stereocenters. The van der Waals surface area contributed by atoms with Crippen molar-refractivity contribution in [3.05, 3.63) is 24.2 Å². The number of halogens is 2. The second-order valence-corrected chi connectivity index (χ2v) is 3.57. The number of H-pyrrole nitrogens is 1. The Kier molecular flexibility index (Phi) is 5.18. The van der Waals surface area contributed by atoms with Crippen LogP contribution in [-0.4, -0.2) is 33.3 Å². The molecule has 0 saturated heterocycles. The predicted molar refractivity (Wildman–Crippen MR) is 68.6 cm³/mol. The first-order chi connectivity index (χ1) is 7.81. The summed E-state index contributed by atoms with van der Waals surface area (Å²) in [7, 11) is 0. The molecule has 5 nitrogen and oxygen atoms in total. The van der Waals surface area contributed by atoms with E-state index in [0.29, 0.717) is 13.0 Å². The Labute approximate surface area is 109 Å². The zero-order valence-corrected chi connectivity index (χ0v) is 10.5. The van der Waals surface area contributed by atoms with Crippen LogP contribution in [0.1, 0.15) is 5.56 Å². The average Bonchev–Trinajstić information content (AvgIpc) is 2.73. The van der Waals surface area contributed by atoms with Gasteiger partial charge in [-0.25, -0.2) is 4.98 Å². The number of aromatic nitrogens is 3. The van der Waals surface area contributed by atoms with Crippen LogP contribution in [0.5, 0.6) is 0 Å². The lowest BCUT2D eigenvalue weighted by atomic mass is 10.2. The summed E-state index contributed by atoms with van der Waals surface area (Å²) in [6, 6.07) is 0. The highest BCUT2D eigenvalue weighted by atomic mass is 35.5. The first-order valence-electron chi connectivity index (χ1n) is 4.91. The van der Waals surface area contributed by atoms with Crippen LogP contribution in [0.25, 0.3) is 11.2 Å². The number of carbonyl (C=O) groups is 1. The molecule has 0 aliphatic carbocycles. The van der Waals surface area contributed by atoms with E-state index in [1.54, 1.807) is 12.4 Å². The smallest absolute Gasteiger partial charge is 0.234 e. The zero-order valence-electron chi connectivity index (χ0n) is 8.94. The van der Waals surface area contributed by atoms with Gasteiger partial charge in [-0.3, -0.25) is 9.78 Å². The van der Waals surface area contributed by atoms with Crippen molar-refractivity contribution in [3.8, 4) is 0 Å². The van der Waals surface area contributed by atoms with E-state index in [1.807, 2.05) is 6.20 Å². The molecule has 2 aromatic rings. The van der Waals surface area contributed by atoms with Crippen molar-refractivity contribution < 1.29 is 4.79 Å². The van der Waals surface area contributed by atoms with Gasteiger partial charge in [0.15, 0.2) is 5.65 Å². The second kappa shape index (κ2) is 6.42. The number of aromatic amines is 1. The van der Waals surface area contributed by atoms with E-state index in [2.05, 4.69) is 20.3 Å². The van der Waals surface area contributed by atoms with E-state index in [-0.39, 0.29) is 24.2 Å². The maximum absolute atomic E-state index is 10.9. The molecule has 0 radical (unpaired) electrons. The Morgan fingerprint density at radius 3 is 2.94 bits per heavy atom. The Morgan fingerprint density at radius 2 is 2.18 bits per heavy atom. The van der Waals surface area contributed by atoms with Crippen LogP contribution in [0.15, 0.2) is 18.6 Å². The third-order valence-corrected chi connectivity index (χ3v) is 2.47. The first kappa shape index (κ1) is 13.7. The number of hydrogen-bond donors (Lipinski definition) is 2. The van der Waals surface area contributed by atoms with Gasteiger partial charge in [0.1, 0.15) is 11.4 Å². The van der Waals surface area contributed by atoms with Gasteiger partial charge in [0.2, 0.25) is 5.91 Å². The van der Waals surface area contributed by atoms with E-state index < -0.39 is 0 Å². The Balaban J connectivity index is 0.00000144. The summed E-state index contributed by atoms with van der Waals surface area (Å²) in [4.78, 5) is 22.3. The minimum atomic E-state index is -0.160. The highest BCUT2D eigenvalue weighted by Crippen LogP contribution is 2.12. The highest BCUT2D eigenvalue weighted by Gasteiger charge is 2.05.